The van der Waals surface area contributed by atoms with Crippen LogP contribution in [-0.2, 0) is 6.18 Å². The Morgan fingerprint density at radius 2 is 2.12 bits per heavy atom. The molecule has 1 saturated carbocycles. The number of aliphatic hydroxyl groups excluding tert-OH is 1. The summed E-state index contributed by atoms with van der Waals surface area (Å²) >= 11 is 0. The van der Waals surface area contributed by atoms with Gasteiger partial charge in [0.15, 0.2) is 0 Å². The van der Waals surface area contributed by atoms with Crippen molar-refractivity contribution in [1.82, 2.24) is 4.98 Å². The van der Waals surface area contributed by atoms with E-state index in [0.29, 0.717) is 25.3 Å². The van der Waals surface area contributed by atoms with Crippen molar-refractivity contribution in [1.29, 1.82) is 0 Å². The molecule has 0 bridgehead atoms. The number of aromatic nitrogens is 1. The molecule has 1 aromatic heterocycles. The normalized spacial score (nSPS) is 24.2. The molecule has 1 aliphatic carbocycles. The summed E-state index contributed by atoms with van der Waals surface area (Å²) in [7, 11) is 0. The molecule has 0 aromatic carbocycles. The Morgan fingerprint density at radius 1 is 1.41 bits per heavy atom. The Morgan fingerprint density at radius 3 is 2.71 bits per heavy atom. The average Bonchev–Trinajstić information content (AvgIpc) is 2.22. The summed E-state index contributed by atoms with van der Waals surface area (Å²) in [5.74, 6) is 0.544. The zero-order chi connectivity index (χ0) is 12.5. The monoisotopic (exact) mass is 246 g/mol. The molecule has 0 atom stereocenters. The molecule has 0 amide bonds. The van der Waals surface area contributed by atoms with Gasteiger partial charge >= 0.3 is 6.18 Å². The highest BCUT2D eigenvalue weighted by Crippen LogP contribution is 2.30. The quantitative estimate of drug-likeness (QED) is 0.860. The fourth-order valence-electron chi connectivity index (χ4n) is 1.82. The molecule has 1 heterocycles. The SMILES string of the molecule is OC1CC(CNc2cc(C(F)(F)F)ccn2)C1. The van der Waals surface area contributed by atoms with Gasteiger partial charge in [-0.05, 0) is 30.9 Å². The van der Waals surface area contributed by atoms with Gasteiger partial charge in [-0.1, -0.05) is 0 Å². The predicted octanol–water partition coefficient (Wildman–Crippen LogP) is 2.28. The minimum atomic E-state index is -4.34. The van der Waals surface area contributed by atoms with Crippen LogP contribution in [0.5, 0.6) is 0 Å². The fraction of sp³-hybridized carbons (Fsp3) is 0.545. The second-order valence-electron chi connectivity index (χ2n) is 4.30. The van der Waals surface area contributed by atoms with Gasteiger partial charge in [-0.25, -0.2) is 4.98 Å². The average molecular weight is 246 g/mol. The van der Waals surface area contributed by atoms with Crippen molar-refractivity contribution >= 4 is 5.82 Å². The van der Waals surface area contributed by atoms with Crippen molar-refractivity contribution in [3.8, 4) is 0 Å². The van der Waals surface area contributed by atoms with E-state index in [1.165, 1.54) is 0 Å². The number of rotatable bonds is 3. The van der Waals surface area contributed by atoms with Gasteiger partial charge in [-0.2, -0.15) is 13.2 Å². The molecule has 0 radical (unpaired) electrons. The van der Waals surface area contributed by atoms with Gasteiger partial charge in [-0.3, -0.25) is 0 Å². The zero-order valence-corrected chi connectivity index (χ0v) is 9.04. The number of aliphatic hydroxyl groups is 1. The maximum Gasteiger partial charge on any atom is 0.416 e. The first-order valence-electron chi connectivity index (χ1n) is 5.40. The van der Waals surface area contributed by atoms with Crippen LogP contribution >= 0.6 is 0 Å². The van der Waals surface area contributed by atoms with Gasteiger partial charge in [-0.15, -0.1) is 0 Å². The first-order valence-corrected chi connectivity index (χ1v) is 5.40. The molecule has 1 aliphatic rings. The summed E-state index contributed by atoms with van der Waals surface area (Å²) in [6.07, 6.45) is -2.05. The van der Waals surface area contributed by atoms with Crippen LogP contribution < -0.4 is 5.32 Å². The van der Waals surface area contributed by atoms with Crippen LogP contribution in [0.15, 0.2) is 18.3 Å². The van der Waals surface area contributed by atoms with E-state index in [-0.39, 0.29) is 11.9 Å². The van der Waals surface area contributed by atoms with Crippen LogP contribution in [0.2, 0.25) is 0 Å². The fourth-order valence-corrected chi connectivity index (χ4v) is 1.82. The van der Waals surface area contributed by atoms with E-state index in [1.54, 1.807) is 0 Å². The van der Waals surface area contributed by atoms with Gasteiger partial charge in [0.2, 0.25) is 0 Å². The van der Waals surface area contributed by atoms with Crippen molar-refractivity contribution in [3.63, 3.8) is 0 Å². The lowest BCUT2D eigenvalue weighted by Gasteiger charge is -2.31. The molecule has 6 heteroatoms. The van der Waals surface area contributed by atoms with E-state index in [4.69, 9.17) is 5.11 Å². The van der Waals surface area contributed by atoms with Crippen molar-refractivity contribution in [2.75, 3.05) is 11.9 Å². The lowest BCUT2D eigenvalue weighted by Crippen LogP contribution is -2.33. The second kappa shape index (κ2) is 4.52. The standard InChI is InChI=1S/C11H13F3N2O/c12-11(13,14)8-1-2-15-10(5-8)16-6-7-3-9(17)4-7/h1-2,5,7,9,17H,3-4,6H2,(H,15,16). The number of nitrogens with one attached hydrogen (secondary N) is 1. The number of alkyl halides is 3. The summed E-state index contributed by atoms with van der Waals surface area (Å²) in [4.78, 5) is 3.83. The minimum Gasteiger partial charge on any atom is -0.393 e. The molecule has 2 rings (SSSR count). The number of anilines is 1. The van der Waals surface area contributed by atoms with Crippen LogP contribution in [0.3, 0.4) is 0 Å². The Labute approximate surface area is 96.7 Å². The Balaban J connectivity index is 1.92. The molecule has 1 aromatic rings. The van der Waals surface area contributed by atoms with E-state index in [2.05, 4.69) is 10.3 Å². The van der Waals surface area contributed by atoms with E-state index in [9.17, 15) is 13.2 Å². The largest absolute Gasteiger partial charge is 0.416 e. The van der Waals surface area contributed by atoms with Crippen molar-refractivity contribution in [2.24, 2.45) is 5.92 Å². The van der Waals surface area contributed by atoms with Gasteiger partial charge in [0.05, 0.1) is 11.7 Å². The van der Waals surface area contributed by atoms with Crippen molar-refractivity contribution < 1.29 is 18.3 Å². The molecule has 2 N–H and O–H groups in total. The first-order chi connectivity index (χ1) is 7.95. The number of halogens is 3. The number of hydrogen-bond donors (Lipinski definition) is 2. The molecular formula is C11H13F3N2O. The predicted molar refractivity (Wildman–Crippen MR) is 56.5 cm³/mol. The van der Waals surface area contributed by atoms with E-state index in [0.717, 1.165) is 18.3 Å². The maximum absolute atomic E-state index is 12.4. The van der Waals surface area contributed by atoms with Gasteiger partial charge in [0.1, 0.15) is 5.82 Å². The molecule has 1 fully saturated rings. The first kappa shape index (κ1) is 12.2. The lowest BCUT2D eigenvalue weighted by molar-refractivity contribution is -0.137. The smallest absolute Gasteiger partial charge is 0.393 e. The molecule has 0 aliphatic heterocycles. The summed E-state index contributed by atoms with van der Waals surface area (Å²) < 4.78 is 37.2. The molecular weight excluding hydrogens is 233 g/mol. The summed E-state index contributed by atoms with van der Waals surface area (Å²) in [5, 5.41) is 11.9. The Kier molecular flexibility index (Phi) is 3.24. The number of pyridine rings is 1. The van der Waals surface area contributed by atoms with E-state index < -0.39 is 11.7 Å². The second-order valence-corrected chi connectivity index (χ2v) is 4.30. The molecule has 94 valence electrons. The highest BCUT2D eigenvalue weighted by Gasteiger charge is 2.31. The number of nitrogens with zero attached hydrogens (tertiary/aromatic N) is 1. The maximum atomic E-state index is 12.4. The third kappa shape index (κ3) is 3.09. The van der Waals surface area contributed by atoms with Crippen molar-refractivity contribution in [3.05, 3.63) is 23.9 Å². The van der Waals surface area contributed by atoms with Crippen molar-refractivity contribution in [2.45, 2.75) is 25.1 Å². The van der Waals surface area contributed by atoms with E-state index in [1.807, 2.05) is 0 Å². The molecule has 0 saturated heterocycles. The molecule has 17 heavy (non-hydrogen) atoms. The van der Waals surface area contributed by atoms with E-state index >= 15 is 0 Å². The highest BCUT2D eigenvalue weighted by atomic mass is 19.4. The summed E-state index contributed by atoms with van der Waals surface area (Å²) in [5.41, 5.74) is -0.705. The minimum absolute atomic E-state index is 0.223. The van der Waals surface area contributed by atoms with Gasteiger partial charge in [0.25, 0.3) is 0 Å². The summed E-state index contributed by atoms with van der Waals surface area (Å²) in [6, 6.07) is 1.94. The zero-order valence-electron chi connectivity index (χ0n) is 9.04. The topological polar surface area (TPSA) is 45.1 Å². The third-order valence-electron chi connectivity index (χ3n) is 2.87. The van der Waals surface area contributed by atoms with Gasteiger partial charge < -0.3 is 10.4 Å². The Hall–Kier alpha value is -1.30. The van der Waals surface area contributed by atoms with Gasteiger partial charge in [0, 0.05) is 12.7 Å². The summed E-state index contributed by atoms with van der Waals surface area (Å²) in [6.45, 7) is 0.547. The van der Waals surface area contributed by atoms with Crippen LogP contribution in [0.1, 0.15) is 18.4 Å². The van der Waals surface area contributed by atoms with Crippen LogP contribution in [0, 0.1) is 5.92 Å². The molecule has 3 nitrogen and oxygen atoms in total. The highest BCUT2D eigenvalue weighted by molar-refractivity contribution is 5.38. The van der Waals surface area contributed by atoms with Crippen LogP contribution in [-0.4, -0.2) is 22.7 Å². The molecule has 0 unspecified atom stereocenters. The lowest BCUT2D eigenvalue weighted by atomic mass is 9.82. The molecule has 0 spiro atoms. The van der Waals surface area contributed by atoms with Crippen LogP contribution in [0.25, 0.3) is 0 Å². The third-order valence-corrected chi connectivity index (χ3v) is 2.87. The number of hydrogen-bond acceptors (Lipinski definition) is 3. The Bertz CT molecular complexity index is 389. The van der Waals surface area contributed by atoms with Crippen LogP contribution in [0.4, 0.5) is 19.0 Å².